The molecule has 1 spiro atoms. The molecule has 6 rings (SSSR count). The van der Waals surface area contributed by atoms with Gasteiger partial charge in [0.15, 0.2) is 12.0 Å². The normalized spacial score (nSPS) is 30.3. The number of carbonyl (C=O) groups excluding carboxylic acids is 1. The molecule has 3 atom stereocenters. The summed E-state index contributed by atoms with van der Waals surface area (Å²) in [6, 6.07) is 1.98. The van der Waals surface area contributed by atoms with Gasteiger partial charge in [-0.05, 0) is 28.4 Å². The number of rotatable bonds is 0. The molecule has 1 saturated heterocycles. The number of Topliss-reactive ketones (excluding diaryl/α,β-unsaturated/α-hetero) is 1. The first-order valence-electron chi connectivity index (χ1n) is 8.23. The van der Waals surface area contributed by atoms with Crippen LogP contribution in [0.2, 0.25) is 0 Å². The average molecular weight is 415 g/mol. The highest BCUT2D eigenvalue weighted by atomic mass is 79.9. The molecule has 1 fully saturated rings. The van der Waals surface area contributed by atoms with Gasteiger partial charge in [0.05, 0.1) is 31.8 Å². The van der Waals surface area contributed by atoms with Crippen LogP contribution in [0.3, 0.4) is 0 Å². The second-order valence-corrected chi connectivity index (χ2v) is 9.31. The molecular weight excluding hydrogens is 402 g/mol. The van der Waals surface area contributed by atoms with Crippen LogP contribution in [-0.2, 0) is 10.2 Å². The summed E-state index contributed by atoms with van der Waals surface area (Å²) in [5, 5.41) is 5.75. The maximum atomic E-state index is 13.2. The van der Waals surface area contributed by atoms with E-state index in [1.165, 1.54) is 0 Å². The van der Waals surface area contributed by atoms with Gasteiger partial charge >= 0.3 is 0 Å². The van der Waals surface area contributed by atoms with E-state index in [1.807, 2.05) is 18.5 Å². The van der Waals surface area contributed by atoms with Gasteiger partial charge in [-0.25, -0.2) is 4.98 Å². The fraction of sp³-hybridized carbons (Fsp3) is 0.278. The van der Waals surface area contributed by atoms with Gasteiger partial charge in [-0.2, -0.15) is 0 Å². The van der Waals surface area contributed by atoms with Gasteiger partial charge in [0.2, 0.25) is 0 Å². The molecule has 5 nitrogen and oxygen atoms in total. The number of aromatic amines is 2. The van der Waals surface area contributed by atoms with E-state index in [1.54, 1.807) is 11.8 Å². The zero-order valence-electron chi connectivity index (χ0n) is 13.0. The van der Waals surface area contributed by atoms with Gasteiger partial charge < -0.3 is 10.3 Å². The molecule has 0 radical (unpaired) electrons. The van der Waals surface area contributed by atoms with Crippen molar-refractivity contribution < 1.29 is 9.78 Å². The average Bonchev–Trinajstić information content (AvgIpc) is 3.13. The summed E-state index contributed by atoms with van der Waals surface area (Å²) in [7, 11) is 0. The van der Waals surface area contributed by atoms with E-state index < -0.39 is 0 Å². The Balaban J connectivity index is 1.83. The first kappa shape index (κ1) is 14.3. The molecule has 0 amide bonds. The van der Waals surface area contributed by atoms with Crippen molar-refractivity contribution in [2.45, 2.75) is 28.9 Å². The predicted molar refractivity (Wildman–Crippen MR) is 102 cm³/mol. The summed E-state index contributed by atoms with van der Waals surface area (Å²) < 4.78 is 0.637. The lowest BCUT2D eigenvalue weighted by atomic mass is 9.68. The molecule has 124 valence electrons. The van der Waals surface area contributed by atoms with E-state index in [2.05, 4.69) is 37.3 Å². The Hall–Kier alpha value is -1.86. The minimum absolute atomic E-state index is 0.0175. The number of H-pyrrole nitrogens is 2. The Kier molecular flexibility index (Phi) is 2.55. The van der Waals surface area contributed by atoms with Crippen molar-refractivity contribution in [1.82, 2.24) is 4.98 Å². The zero-order chi connectivity index (χ0) is 16.9. The Labute approximate surface area is 154 Å². The molecule has 2 aromatic heterocycles. The zero-order valence-corrected chi connectivity index (χ0v) is 15.4. The highest BCUT2D eigenvalue weighted by Crippen LogP contribution is 2.59. The first-order valence-corrected chi connectivity index (χ1v) is 9.97. The van der Waals surface area contributed by atoms with Crippen molar-refractivity contribution in [2.75, 3.05) is 5.32 Å². The number of ketones is 1. The third kappa shape index (κ3) is 1.59. The van der Waals surface area contributed by atoms with Crippen LogP contribution in [-0.4, -0.2) is 21.4 Å². The second kappa shape index (κ2) is 4.45. The van der Waals surface area contributed by atoms with E-state index in [9.17, 15) is 9.59 Å². The molecule has 1 aromatic carbocycles. The van der Waals surface area contributed by atoms with Gasteiger partial charge in [-0.15, -0.1) is 11.8 Å². The third-order valence-corrected chi connectivity index (χ3v) is 8.02. The number of halogens is 1. The van der Waals surface area contributed by atoms with Crippen LogP contribution in [0, 0.1) is 0 Å². The Morgan fingerprint density at radius 2 is 2.24 bits per heavy atom. The van der Waals surface area contributed by atoms with Crippen LogP contribution in [0.4, 0.5) is 5.69 Å². The number of allylic oxidation sites excluding steroid dienone is 2. The van der Waals surface area contributed by atoms with Crippen molar-refractivity contribution in [3.63, 3.8) is 0 Å². The van der Waals surface area contributed by atoms with Crippen molar-refractivity contribution >= 4 is 61.0 Å². The standard InChI is InChI=1S/C18H12BrN3O2S/c19-8-4-18-5-11(25-10(18)3-9(8)23)22-16-13(18)14-12-7(1-2-20-14)6-21-15(12)17(16)24/h1-2,4,6,10-11,20,22H,3,5H2/p+1. The van der Waals surface area contributed by atoms with Crippen LogP contribution in [0.15, 0.2) is 33.8 Å². The number of benzene rings is 1. The molecule has 3 aliphatic rings. The largest absolute Gasteiger partial charge is 0.370 e. The van der Waals surface area contributed by atoms with Crippen LogP contribution in [0.25, 0.3) is 21.8 Å². The Morgan fingerprint density at radius 1 is 1.36 bits per heavy atom. The number of anilines is 1. The molecule has 1 aliphatic carbocycles. The van der Waals surface area contributed by atoms with Gasteiger partial charge in [0, 0.05) is 28.8 Å². The van der Waals surface area contributed by atoms with Gasteiger partial charge in [0.25, 0.3) is 10.9 Å². The minimum atomic E-state index is -0.294. The van der Waals surface area contributed by atoms with Gasteiger partial charge in [0.1, 0.15) is 0 Å². The van der Waals surface area contributed by atoms with Crippen LogP contribution in [0.1, 0.15) is 18.4 Å². The summed E-state index contributed by atoms with van der Waals surface area (Å²) >= 11 is 5.25. The highest BCUT2D eigenvalue weighted by Gasteiger charge is 2.56. The van der Waals surface area contributed by atoms with Crippen molar-refractivity contribution in [1.29, 1.82) is 0 Å². The van der Waals surface area contributed by atoms with Gasteiger partial charge in [-0.3, -0.25) is 9.59 Å². The summed E-state index contributed by atoms with van der Waals surface area (Å²) in [5.41, 5.74) is 3.05. The number of thioether (sulfide) groups is 1. The van der Waals surface area contributed by atoms with Crippen molar-refractivity contribution in [3.8, 4) is 0 Å². The molecule has 7 heteroatoms. The Bertz CT molecular complexity index is 1190. The number of fused-ring (bicyclic) bond motifs is 3. The highest BCUT2D eigenvalue weighted by molar-refractivity contribution is 9.12. The fourth-order valence-corrected chi connectivity index (χ4v) is 7.11. The molecule has 0 saturated carbocycles. The first-order chi connectivity index (χ1) is 12.1. The number of aromatic nitrogens is 2. The summed E-state index contributed by atoms with van der Waals surface area (Å²) in [6.07, 6.45) is 7.25. The molecule has 2 aliphatic heterocycles. The molecule has 3 unspecified atom stereocenters. The van der Waals surface area contributed by atoms with E-state index in [0.717, 1.165) is 28.3 Å². The molecule has 25 heavy (non-hydrogen) atoms. The number of pyridine rings is 1. The summed E-state index contributed by atoms with van der Waals surface area (Å²) in [5.74, 6) is 0.143. The number of carbonyl (C=O) groups is 1. The number of nitrogens with one attached hydrogen (secondary N) is 3. The molecule has 3 aromatic rings. The lowest BCUT2D eigenvalue weighted by Gasteiger charge is -2.38. The Morgan fingerprint density at radius 3 is 3.12 bits per heavy atom. The van der Waals surface area contributed by atoms with Crippen LogP contribution >= 0.6 is 27.7 Å². The third-order valence-electron chi connectivity index (χ3n) is 5.82. The smallest absolute Gasteiger partial charge is 0.273 e. The van der Waals surface area contributed by atoms with E-state index in [0.29, 0.717) is 22.1 Å². The second-order valence-electron chi connectivity index (χ2n) is 7.05. The van der Waals surface area contributed by atoms with Gasteiger partial charge in [-0.1, -0.05) is 6.08 Å². The summed E-state index contributed by atoms with van der Waals surface area (Å²) in [6.45, 7) is 0. The molecule has 3 N–H and O–H groups in total. The topological polar surface area (TPSA) is 76.1 Å². The molecule has 4 heterocycles. The van der Waals surface area contributed by atoms with E-state index in [4.69, 9.17) is 0 Å². The minimum Gasteiger partial charge on any atom is -0.370 e. The maximum Gasteiger partial charge on any atom is 0.273 e. The quantitative estimate of drug-likeness (QED) is 0.592. The fourth-order valence-electron chi connectivity index (χ4n) is 4.81. The van der Waals surface area contributed by atoms with Crippen LogP contribution in [0.5, 0.6) is 0 Å². The van der Waals surface area contributed by atoms with Crippen molar-refractivity contribution in [3.05, 3.63) is 44.8 Å². The summed E-state index contributed by atoms with van der Waals surface area (Å²) in [4.78, 5) is 31.9. The lowest BCUT2D eigenvalue weighted by Crippen LogP contribution is -2.42. The maximum absolute atomic E-state index is 13.2. The predicted octanol–water partition coefficient (Wildman–Crippen LogP) is 2.68. The van der Waals surface area contributed by atoms with E-state index in [-0.39, 0.29) is 27.3 Å². The lowest BCUT2D eigenvalue weighted by molar-refractivity contribution is -0.340. The van der Waals surface area contributed by atoms with Crippen molar-refractivity contribution in [2.24, 2.45) is 0 Å². The number of hydrogen-bond donors (Lipinski definition) is 2. The molecule has 2 bridgehead atoms. The van der Waals surface area contributed by atoms with Crippen LogP contribution < -0.4 is 15.7 Å². The van der Waals surface area contributed by atoms with E-state index >= 15 is 0 Å². The number of hydrogen-bond acceptors (Lipinski definition) is 4. The monoisotopic (exact) mass is 414 g/mol. The molecular formula is C18H13BrN3O2S+. The SMILES string of the molecule is O=C1CC2SC3CC2(C=C1Br)c1c(c(=O)c2[nH+]cc4cc[nH]c1c42)N3.